The van der Waals surface area contributed by atoms with Crippen molar-refractivity contribution in [3.05, 3.63) is 60.0 Å². The van der Waals surface area contributed by atoms with Crippen LogP contribution >= 0.6 is 0 Å². The Kier molecular flexibility index (Phi) is 4.55. The number of nitrogens with one attached hydrogen (secondary N) is 2. The van der Waals surface area contributed by atoms with Crippen LogP contribution in [-0.2, 0) is 0 Å². The molecular weight excluding hydrogens is 356 g/mol. The van der Waals surface area contributed by atoms with Crippen LogP contribution in [0.3, 0.4) is 0 Å². The van der Waals surface area contributed by atoms with Gasteiger partial charge in [-0.25, -0.2) is 4.98 Å². The fourth-order valence-corrected chi connectivity index (χ4v) is 3.53. The summed E-state index contributed by atoms with van der Waals surface area (Å²) >= 11 is 0. The van der Waals surface area contributed by atoms with E-state index in [1.54, 1.807) is 30.5 Å². The molecule has 4 rings (SSSR count). The molecule has 1 fully saturated rings. The summed E-state index contributed by atoms with van der Waals surface area (Å²) in [5.74, 6) is 0.390. The highest BCUT2D eigenvalue weighted by atomic mass is 16.1. The molecule has 0 unspecified atom stereocenters. The normalized spacial score (nSPS) is 21.2. The largest absolute Gasteiger partial charge is 0.356 e. The number of carbonyl (C=O) groups is 1. The Labute approximate surface area is 161 Å². The summed E-state index contributed by atoms with van der Waals surface area (Å²) in [6, 6.07) is 12.7. The number of carbonyl (C=O) groups excluding carboxylic acids is 1. The van der Waals surface area contributed by atoms with E-state index >= 15 is 0 Å². The number of tetrazole rings is 1. The molecule has 1 saturated heterocycles. The topological polar surface area (TPSA) is 121 Å². The van der Waals surface area contributed by atoms with Gasteiger partial charge in [-0.3, -0.25) is 4.79 Å². The third-order valence-corrected chi connectivity index (χ3v) is 4.81. The minimum absolute atomic E-state index is 0.0959. The fraction of sp³-hybridized carbons (Fsp3) is 0.263. The van der Waals surface area contributed by atoms with E-state index in [0.29, 0.717) is 35.6 Å². The minimum atomic E-state index is -0.906. The molecule has 3 heterocycles. The van der Waals surface area contributed by atoms with Crippen molar-refractivity contribution < 1.29 is 4.79 Å². The Morgan fingerprint density at radius 3 is 2.96 bits per heavy atom. The lowest BCUT2D eigenvalue weighted by atomic mass is 9.86. The highest BCUT2D eigenvalue weighted by Gasteiger charge is 2.45. The highest BCUT2D eigenvalue weighted by Crippen LogP contribution is 2.30. The van der Waals surface area contributed by atoms with Gasteiger partial charge in [-0.15, -0.1) is 15.0 Å². The van der Waals surface area contributed by atoms with E-state index < -0.39 is 5.54 Å². The van der Waals surface area contributed by atoms with Crippen LogP contribution in [0.4, 0.5) is 5.82 Å². The number of anilines is 1. The van der Waals surface area contributed by atoms with Crippen molar-refractivity contribution >= 4 is 11.6 Å². The summed E-state index contributed by atoms with van der Waals surface area (Å²) < 4.78 is 0. The molecule has 1 aliphatic rings. The van der Waals surface area contributed by atoms with Crippen molar-refractivity contribution in [2.75, 3.05) is 11.9 Å². The zero-order valence-corrected chi connectivity index (χ0v) is 15.2. The van der Waals surface area contributed by atoms with Gasteiger partial charge in [0.15, 0.2) is 12.1 Å². The number of hydrogen-bond donors (Lipinski definition) is 2. The molecule has 2 N–H and O–H groups in total. The Hall–Kier alpha value is -3.64. The van der Waals surface area contributed by atoms with Crippen LogP contribution in [0.15, 0.2) is 48.9 Å². The molecule has 0 aliphatic carbocycles. The molecule has 2 atom stereocenters. The maximum atomic E-state index is 13.7. The zero-order chi connectivity index (χ0) is 19.6. The first-order valence-corrected chi connectivity index (χ1v) is 8.86. The summed E-state index contributed by atoms with van der Waals surface area (Å²) in [5, 5.41) is 27.5. The number of rotatable bonds is 5. The zero-order valence-electron chi connectivity index (χ0n) is 15.2. The SMILES string of the molecule is C[C@@H]1C[C@](Nc2cc(C#N)ccn2)(C(=O)c2ccccc2-n2ncnn2)CN1. The number of aromatic nitrogens is 5. The van der Waals surface area contributed by atoms with Crippen molar-refractivity contribution in [1.82, 2.24) is 30.5 Å². The molecule has 0 radical (unpaired) electrons. The molecule has 0 saturated carbocycles. The van der Waals surface area contributed by atoms with E-state index in [-0.39, 0.29) is 11.8 Å². The second-order valence-electron chi connectivity index (χ2n) is 6.81. The molecule has 1 aromatic carbocycles. The lowest BCUT2D eigenvalue weighted by Gasteiger charge is -2.29. The maximum absolute atomic E-state index is 13.7. The third kappa shape index (κ3) is 3.21. The molecule has 3 aromatic rings. The first-order valence-electron chi connectivity index (χ1n) is 8.86. The van der Waals surface area contributed by atoms with Gasteiger partial charge in [0.1, 0.15) is 11.4 Å². The monoisotopic (exact) mass is 374 g/mol. The summed E-state index contributed by atoms with van der Waals surface area (Å²) in [6.45, 7) is 2.46. The van der Waals surface area contributed by atoms with E-state index in [2.05, 4.69) is 37.1 Å². The number of pyridine rings is 1. The molecule has 140 valence electrons. The van der Waals surface area contributed by atoms with Gasteiger partial charge < -0.3 is 10.6 Å². The number of hydrogen-bond acceptors (Lipinski definition) is 8. The molecular formula is C19H18N8O. The molecule has 0 spiro atoms. The molecule has 9 heteroatoms. The van der Waals surface area contributed by atoms with Crippen LogP contribution in [-0.4, -0.2) is 49.1 Å². The standard InChI is InChI=1S/C19H18N8O/c1-13-9-19(11-22-13,25-17-8-14(10-20)6-7-21-17)18(28)15-4-2-3-5-16(15)27-24-12-23-26-27/h2-8,12-13,22H,9,11H2,1H3,(H,21,25)/t13-,19-/m1/s1. The third-order valence-electron chi connectivity index (χ3n) is 4.81. The fourth-order valence-electron chi connectivity index (χ4n) is 3.53. The van der Waals surface area contributed by atoms with Gasteiger partial charge in [-0.05, 0) is 42.8 Å². The second-order valence-corrected chi connectivity index (χ2v) is 6.81. The van der Waals surface area contributed by atoms with Crippen LogP contribution < -0.4 is 10.6 Å². The van der Waals surface area contributed by atoms with E-state index in [4.69, 9.17) is 5.26 Å². The quantitative estimate of drug-likeness (QED) is 0.642. The molecule has 28 heavy (non-hydrogen) atoms. The Balaban J connectivity index is 1.75. The first kappa shape index (κ1) is 17.8. The van der Waals surface area contributed by atoms with Crippen LogP contribution in [0.2, 0.25) is 0 Å². The van der Waals surface area contributed by atoms with Crippen molar-refractivity contribution in [3.63, 3.8) is 0 Å². The average molecular weight is 374 g/mol. The average Bonchev–Trinajstić information content (AvgIpc) is 3.38. The highest BCUT2D eigenvalue weighted by molar-refractivity contribution is 6.08. The number of ketones is 1. The molecule has 0 amide bonds. The van der Waals surface area contributed by atoms with Crippen molar-refractivity contribution in [2.45, 2.75) is 24.9 Å². The van der Waals surface area contributed by atoms with Gasteiger partial charge >= 0.3 is 0 Å². The van der Waals surface area contributed by atoms with Crippen molar-refractivity contribution in [3.8, 4) is 11.8 Å². The van der Waals surface area contributed by atoms with Gasteiger partial charge in [0, 0.05) is 24.3 Å². The number of nitriles is 1. The Bertz CT molecular complexity index is 1040. The van der Waals surface area contributed by atoms with Gasteiger partial charge in [-0.1, -0.05) is 12.1 Å². The molecule has 2 aromatic heterocycles. The molecule has 1 aliphatic heterocycles. The van der Waals surface area contributed by atoms with E-state index in [9.17, 15) is 4.79 Å². The Morgan fingerprint density at radius 1 is 1.39 bits per heavy atom. The van der Waals surface area contributed by atoms with Crippen LogP contribution in [0.1, 0.15) is 29.3 Å². The number of para-hydroxylation sites is 1. The van der Waals surface area contributed by atoms with Crippen LogP contribution in [0, 0.1) is 11.3 Å². The van der Waals surface area contributed by atoms with Crippen LogP contribution in [0.25, 0.3) is 5.69 Å². The predicted molar refractivity (Wildman–Crippen MR) is 101 cm³/mol. The number of nitrogens with zero attached hydrogens (tertiary/aromatic N) is 6. The van der Waals surface area contributed by atoms with Gasteiger partial charge in [0.05, 0.1) is 17.3 Å². The summed E-state index contributed by atoms with van der Waals surface area (Å²) in [6.07, 6.45) is 3.45. The van der Waals surface area contributed by atoms with E-state index in [0.717, 1.165) is 0 Å². The van der Waals surface area contributed by atoms with Crippen molar-refractivity contribution in [2.24, 2.45) is 0 Å². The van der Waals surface area contributed by atoms with Crippen LogP contribution in [0.5, 0.6) is 0 Å². The summed E-state index contributed by atoms with van der Waals surface area (Å²) in [7, 11) is 0. The van der Waals surface area contributed by atoms with Gasteiger partial charge in [0.25, 0.3) is 0 Å². The van der Waals surface area contributed by atoms with Gasteiger partial charge in [0.2, 0.25) is 0 Å². The maximum Gasteiger partial charge on any atom is 0.191 e. The summed E-state index contributed by atoms with van der Waals surface area (Å²) in [4.78, 5) is 19.3. The second kappa shape index (κ2) is 7.17. The van der Waals surface area contributed by atoms with Crippen molar-refractivity contribution in [1.29, 1.82) is 5.26 Å². The number of Topliss-reactive ketones (excluding diaryl/α,β-unsaturated/α-hetero) is 1. The smallest absolute Gasteiger partial charge is 0.191 e. The predicted octanol–water partition coefficient (Wildman–Crippen LogP) is 1.34. The minimum Gasteiger partial charge on any atom is -0.356 e. The summed E-state index contributed by atoms with van der Waals surface area (Å²) in [5.41, 5.74) is 0.619. The lowest BCUT2D eigenvalue weighted by molar-refractivity contribution is 0.0914. The Morgan fingerprint density at radius 2 is 2.25 bits per heavy atom. The lowest BCUT2D eigenvalue weighted by Crippen LogP contribution is -2.49. The number of benzene rings is 1. The molecule has 0 bridgehead atoms. The van der Waals surface area contributed by atoms with E-state index in [1.807, 2.05) is 19.1 Å². The van der Waals surface area contributed by atoms with Gasteiger partial charge in [-0.2, -0.15) is 5.26 Å². The first-order chi connectivity index (χ1) is 13.6. The molecule has 9 nitrogen and oxygen atoms in total. The van der Waals surface area contributed by atoms with E-state index in [1.165, 1.54) is 11.1 Å².